The van der Waals surface area contributed by atoms with E-state index < -0.39 is 0 Å². The highest BCUT2D eigenvalue weighted by molar-refractivity contribution is 7.99. The summed E-state index contributed by atoms with van der Waals surface area (Å²) in [5.41, 5.74) is 1.29. The van der Waals surface area contributed by atoms with Gasteiger partial charge in [-0.05, 0) is 43.3 Å². The standard InChI is InChI=1S/C22H19NO3S/c1-16(24)17-8-7-9-18(14-17)26-15-22(25)23-20-12-5-6-13-21(20)27-19-10-3-2-4-11-19/h2-14H,15H2,1H3,(H,23,25). The second kappa shape index (κ2) is 9.05. The Morgan fingerprint density at radius 3 is 2.44 bits per heavy atom. The summed E-state index contributed by atoms with van der Waals surface area (Å²) in [6, 6.07) is 24.4. The summed E-state index contributed by atoms with van der Waals surface area (Å²) in [6.45, 7) is 1.36. The first-order chi connectivity index (χ1) is 13.1. The number of carbonyl (C=O) groups excluding carboxylic acids is 2. The van der Waals surface area contributed by atoms with Crippen molar-refractivity contribution in [2.45, 2.75) is 16.7 Å². The Bertz CT molecular complexity index is 941. The SMILES string of the molecule is CC(=O)c1cccc(OCC(=O)Nc2ccccc2Sc2ccccc2)c1. The summed E-state index contributed by atoms with van der Waals surface area (Å²) in [7, 11) is 0. The first kappa shape index (κ1) is 18.7. The number of nitrogens with one attached hydrogen (secondary N) is 1. The Hall–Kier alpha value is -3.05. The number of rotatable bonds is 7. The molecular formula is C22H19NO3S. The van der Waals surface area contributed by atoms with Crippen molar-refractivity contribution in [2.24, 2.45) is 0 Å². The molecule has 1 amide bonds. The Morgan fingerprint density at radius 1 is 0.926 bits per heavy atom. The molecule has 0 unspecified atom stereocenters. The maximum absolute atomic E-state index is 12.3. The topological polar surface area (TPSA) is 55.4 Å². The van der Waals surface area contributed by atoms with Crippen molar-refractivity contribution in [1.29, 1.82) is 0 Å². The number of amides is 1. The fourth-order valence-electron chi connectivity index (χ4n) is 2.41. The van der Waals surface area contributed by atoms with E-state index in [0.717, 1.165) is 15.5 Å². The largest absolute Gasteiger partial charge is 0.484 e. The Morgan fingerprint density at radius 2 is 1.67 bits per heavy atom. The zero-order valence-electron chi connectivity index (χ0n) is 14.8. The van der Waals surface area contributed by atoms with Gasteiger partial charge in [0, 0.05) is 15.4 Å². The van der Waals surface area contributed by atoms with Crippen LogP contribution in [0, 0.1) is 0 Å². The average molecular weight is 377 g/mol. The number of carbonyl (C=O) groups is 2. The lowest BCUT2D eigenvalue weighted by molar-refractivity contribution is -0.118. The number of anilines is 1. The third-order valence-electron chi connectivity index (χ3n) is 3.74. The maximum Gasteiger partial charge on any atom is 0.262 e. The second-order valence-corrected chi connectivity index (χ2v) is 6.95. The minimum atomic E-state index is -0.260. The molecule has 0 aliphatic heterocycles. The fourth-order valence-corrected chi connectivity index (χ4v) is 3.34. The molecule has 0 aliphatic carbocycles. The molecule has 136 valence electrons. The van der Waals surface area contributed by atoms with Crippen molar-refractivity contribution in [2.75, 3.05) is 11.9 Å². The quantitative estimate of drug-likeness (QED) is 0.585. The van der Waals surface area contributed by atoms with Crippen molar-refractivity contribution < 1.29 is 14.3 Å². The number of hydrogen-bond donors (Lipinski definition) is 1. The number of para-hydroxylation sites is 1. The number of hydrogen-bond acceptors (Lipinski definition) is 4. The molecular weight excluding hydrogens is 358 g/mol. The van der Waals surface area contributed by atoms with Crippen LogP contribution >= 0.6 is 11.8 Å². The molecule has 3 aromatic carbocycles. The highest BCUT2D eigenvalue weighted by Crippen LogP contribution is 2.33. The normalized spacial score (nSPS) is 10.3. The summed E-state index contributed by atoms with van der Waals surface area (Å²) >= 11 is 1.58. The molecule has 3 rings (SSSR count). The van der Waals surface area contributed by atoms with E-state index in [1.165, 1.54) is 6.92 Å². The van der Waals surface area contributed by atoms with Gasteiger partial charge in [-0.3, -0.25) is 9.59 Å². The van der Waals surface area contributed by atoms with Gasteiger partial charge < -0.3 is 10.1 Å². The third-order valence-corrected chi connectivity index (χ3v) is 4.83. The molecule has 4 nitrogen and oxygen atoms in total. The first-order valence-corrected chi connectivity index (χ1v) is 9.29. The molecule has 5 heteroatoms. The average Bonchev–Trinajstić information content (AvgIpc) is 2.69. The summed E-state index contributed by atoms with van der Waals surface area (Å²) in [5.74, 6) is 0.186. The van der Waals surface area contributed by atoms with Crippen LogP contribution in [-0.4, -0.2) is 18.3 Å². The van der Waals surface area contributed by atoms with E-state index >= 15 is 0 Å². The number of ether oxygens (including phenoxy) is 1. The van der Waals surface area contributed by atoms with Crippen molar-refractivity contribution in [3.05, 3.63) is 84.4 Å². The zero-order chi connectivity index (χ0) is 19.1. The van der Waals surface area contributed by atoms with Crippen LogP contribution in [0.1, 0.15) is 17.3 Å². The summed E-state index contributed by atoms with van der Waals surface area (Å²) < 4.78 is 5.52. The highest BCUT2D eigenvalue weighted by Gasteiger charge is 2.09. The lowest BCUT2D eigenvalue weighted by Crippen LogP contribution is -2.20. The Balaban J connectivity index is 1.63. The minimum absolute atomic E-state index is 0.0447. The Kier molecular flexibility index (Phi) is 6.28. The fraction of sp³-hybridized carbons (Fsp3) is 0.0909. The van der Waals surface area contributed by atoms with Crippen molar-refractivity contribution in [3.8, 4) is 5.75 Å². The van der Waals surface area contributed by atoms with Gasteiger partial charge in [-0.15, -0.1) is 0 Å². The van der Waals surface area contributed by atoms with Gasteiger partial charge in [0.05, 0.1) is 5.69 Å². The zero-order valence-corrected chi connectivity index (χ0v) is 15.7. The molecule has 0 heterocycles. The molecule has 0 aliphatic rings. The third kappa shape index (κ3) is 5.46. The molecule has 1 N–H and O–H groups in total. The van der Waals surface area contributed by atoms with Crippen LogP contribution in [0.3, 0.4) is 0 Å². The lowest BCUT2D eigenvalue weighted by Gasteiger charge is -2.11. The molecule has 0 saturated heterocycles. The Labute approximate surface area is 162 Å². The first-order valence-electron chi connectivity index (χ1n) is 8.47. The van der Waals surface area contributed by atoms with Crippen LogP contribution in [0.4, 0.5) is 5.69 Å². The van der Waals surface area contributed by atoms with Crippen LogP contribution in [0.2, 0.25) is 0 Å². The van der Waals surface area contributed by atoms with Gasteiger partial charge in [-0.25, -0.2) is 0 Å². The number of Topliss-reactive ketones (excluding diaryl/α,β-unsaturated/α-hetero) is 1. The van der Waals surface area contributed by atoms with Crippen LogP contribution in [0.5, 0.6) is 5.75 Å². The van der Waals surface area contributed by atoms with E-state index in [1.807, 2.05) is 54.6 Å². The van der Waals surface area contributed by atoms with E-state index in [1.54, 1.807) is 36.0 Å². The van der Waals surface area contributed by atoms with Gasteiger partial charge in [0.25, 0.3) is 5.91 Å². The summed E-state index contributed by atoms with van der Waals surface area (Å²) in [5, 5.41) is 2.89. The van der Waals surface area contributed by atoms with Crippen LogP contribution in [0.15, 0.2) is 88.7 Å². The molecule has 3 aromatic rings. The molecule has 0 spiro atoms. The summed E-state index contributed by atoms with van der Waals surface area (Å²) in [4.78, 5) is 25.8. The minimum Gasteiger partial charge on any atom is -0.484 e. The van der Waals surface area contributed by atoms with Crippen LogP contribution in [-0.2, 0) is 4.79 Å². The van der Waals surface area contributed by atoms with E-state index in [2.05, 4.69) is 5.32 Å². The lowest BCUT2D eigenvalue weighted by atomic mass is 10.1. The smallest absolute Gasteiger partial charge is 0.262 e. The molecule has 0 radical (unpaired) electrons. The van der Waals surface area contributed by atoms with E-state index in [0.29, 0.717) is 11.3 Å². The predicted octanol–water partition coefficient (Wildman–Crippen LogP) is 5.06. The number of benzene rings is 3. The molecule has 0 aromatic heterocycles. The van der Waals surface area contributed by atoms with E-state index in [4.69, 9.17) is 4.74 Å². The van der Waals surface area contributed by atoms with Gasteiger partial charge in [0.1, 0.15) is 5.75 Å². The summed E-state index contributed by atoms with van der Waals surface area (Å²) in [6.07, 6.45) is 0. The monoisotopic (exact) mass is 377 g/mol. The van der Waals surface area contributed by atoms with Crippen LogP contribution in [0.25, 0.3) is 0 Å². The molecule has 0 saturated carbocycles. The molecule has 0 fully saturated rings. The van der Waals surface area contributed by atoms with Crippen molar-refractivity contribution >= 4 is 29.1 Å². The van der Waals surface area contributed by atoms with Gasteiger partial charge in [-0.1, -0.05) is 54.2 Å². The molecule has 0 bridgehead atoms. The van der Waals surface area contributed by atoms with Gasteiger partial charge in [-0.2, -0.15) is 0 Å². The van der Waals surface area contributed by atoms with Crippen molar-refractivity contribution in [3.63, 3.8) is 0 Å². The van der Waals surface area contributed by atoms with Gasteiger partial charge in [0.15, 0.2) is 12.4 Å². The second-order valence-electron chi connectivity index (χ2n) is 5.83. The number of ketones is 1. The molecule has 0 atom stereocenters. The van der Waals surface area contributed by atoms with Crippen LogP contribution < -0.4 is 10.1 Å². The maximum atomic E-state index is 12.3. The van der Waals surface area contributed by atoms with E-state index in [9.17, 15) is 9.59 Å². The van der Waals surface area contributed by atoms with Gasteiger partial charge >= 0.3 is 0 Å². The van der Waals surface area contributed by atoms with E-state index in [-0.39, 0.29) is 18.3 Å². The van der Waals surface area contributed by atoms with Gasteiger partial charge in [0.2, 0.25) is 0 Å². The highest BCUT2D eigenvalue weighted by atomic mass is 32.2. The predicted molar refractivity (Wildman–Crippen MR) is 108 cm³/mol. The molecule has 27 heavy (non-hydrogen) atoms. The van der Waals surface area contributed by atoms with Crippen molar-refractivity contribution in [1.82, 2.24) is 0 Å².